The quantitative estimate of drug-likeness (QED) is 0.723. The first-order valence-corrected chi connectivity index (χ1v) is 4.50. The Morgan fingerprint density at radius 3 is 2.77 bits per heavy atom. The molecular weight excluding hydrogens is 162 g/mol. The van der Waals surface area contributed by atoms with Crippen molar-refractivity contribution in [2.75, 3.05) is 0 Å². The average molecular weight is 175 g/mol. The summed E-state index contributed by atoms with van der Waals surface area (Å²) in [6.07, 6.45) is 0. The van der Waals surface area contributed by atoms with Crippen molar-refractivity contribution in [3.8, 4) is 0 Å². The third-order valence-corrected chi connectivity index (χ3v) is 2.33. The predicted octanol–water partition coefficient (Wildman–Crippen LogP) is 2.39. The van der Waals surface area contributed by atoms with Gasteiger partial charge in [-0.1, -0.05) is 25.1 Å². The molecule has 0 radical (unpaired) electrons. The van der Waals surface area contributed by atoms with E-state index in [0.717, 1.165) is 11.0 Å². The smallest absolute Gasteiger partial charge is 0.116 e. The van der Waals surface area contributed by atoms with Gasteiger partial charge in [-0.3, -0.25) is 5.10 Å². The van der Waals surface area contributed by atoms with Gasteiger partial charge >= 0.3 is 0 Å². The van der Waals surface area contributed by atoms with E-state index in [2.05, 4.69) is 42.2 Å². The van der Waals surface area contributed by atoms with Crippen LogP contribution < -0.4 is 0 Å². The number of hydrogen-bond acceptors (Lipinski definition) is 2. The van der Waals surface area contributed by atoms with Crippen molar-refractivity contribution >= 4 is 11.0 Å². The van der Waals surface area contributed by atoms with Gasteiger partial charge in [0.25, 0.3) is 0 Å². The van der Waals surface area contributed by atoms with E-state index in [-0.39, 0.29) is 0 Å². The maximum Gasteiger partial charge on any atom is 0.116 e. The number of aromatic nitrogens is 3. The van der Waals surface area contributed by atoms with Crippen molar-refractivity contribution in [3.05, 3.63) is 23.3 Å². The molecule has 0 bridgehead atoms. The minimum absolute atomic E-state index is 0.494. The molecule has 0 spiro atoms. The van der Waals surface area contributed by atoms with Crippen molar-refractivity contribution in [1.82, 2.24) is 15.4 Å². The van der Waals surface area contributed by atoms with Gasteiger partial charge < -0.3 is 0 Å². The topological polar surface area (TPSA) is 41.6 Å². The fraction of sp³-hybridized carbons (Fsp3) is 0.400. The molecule has 0 amide bonds. The molecule has 1 N–H and O–H groups in total. The van der Waals surface area contributed by atoms with E-state index in [1.54, 1.807) is 0 Å². The number of fused-ring (bicyclic) bond motifs is 1. The lowest BCUT2D eigenvalue weighted by atomic mass is 9.96. The van der Waals surface area contributed by atoms with Crippen LogP contribution in [0.15, 0.2) is 12.1 Å². The summed E-state index contributed by atoms with van der Waals surface area (Å²) in [5.74, 6) is 0.494. The van der Waals surface area contributed by atoms with Gasteiger partial charge in [-0.05, 0) is 30.0 Å². The van der Waals surface area contributed by atoms with Gasteiger partial charge in [-0.2, -0.15) is 0 Å². The Balaban J connectivity index is 2.80. The summed E-state index contributed by atoms with van der Waals surface area (Å²) in [5.41, 5.74) is 4.62. The number of aromatic amines is 1. The van der Waals surface area contributed by atoms with Crippen LogP contribution in [0.3, 0.4) is 0 Å². The molecule has 13 heavy (non-hydrogen) atoms. The van der Waals surface area contributed by atoms with E-state index < -0.39 is 0 Å². The minimum atomic E-state index is 0.494. The minimum Gasteiger partial charge on any atom is -0.258 e. The van der Waals surface area contributed by atoms with Crippen LogP contribution in [0.5, 0.6) is 0 Å². The molecule has 0 aliphatic rings. The Kier molecular flexibility index (Phi) is 1.79. The van der Waals surface area contributed by atoms with Crippen LogP contribution in [0, 0.1) is 6.92 Å². The molecular formula is C10H13N3. The molecule has 1 aromatic carbocycles. The van der Waals surface area contributed by atoms with Gasteiger partial charge in [0, 0.05) is 0 Å². The number of H-pyrrole nitrogens is 1. The fourth-order valence-electron chi connectivity index (χ4n) is 1.76. The van der Waals surface area contributed by atoms with Crippen molar-refractivity contribution in [3.63, 3.8) is 0 Å². The molecule has 1 aromatic heterocycles. The number of rotatable bonds is 1. The maximum absolute atomic E-state index is 4.10. The average Bonchev–Trinajstić information content (AvgIpc) is 2.50. The first kappa shape index (κ1) is 8.23. The lowest BCUT2D eigenvalue weighted by Crippen LogP contribution is -1.93. The lowest BCUT2D eigenvalue weighted by Gasteiger charge is -2.08. The van der Waals surface area contributed by atoms with Gasteiger partial charge in [-0.15, -0.1) is 5.10 Å². The van der Waals surface area contributed by atoms with Crippen LogP contribution in [-0.2, 0) is 0 Å². The van der Waals surface area contributed by atoms with Gasteiger partial charge in [0.15, 0.2) is 0 Å². The first-order valence-electron chi connectivity index (χ1n) is 4.50. The van der Waals surface area contributed by atoms with Gasteiger partial charge in [0.1, 0.15) is 5.52 Å². The summed E-state index contributed by atoms with van der Waals surface area (Å²) in [4.78, 5) is 0. The van der Waals surface area contributed by atoms with Gasteiger partial charge in [-0.25, -0.2) is 0 Å². The molecule has 3 heteroatoms. The third-order valence-electron chi connectivity index (χ3n) is 2.33. The summed E-state index contributed by atoms with van der Waals surface area (Å²) >= 11 is 0. The molecule has 1 heterocycles. The van der Waals surface area contributed by atoms with E-state index >= 15 is 0 Å². The number of nitrogens with one attached hydrogen (secondary N) is 1. The molecule has 0 aliphatic carbocycles. The summed E-state index contributed by atoms with van der Waals surface area (Å²) in [6.45, 7) is 6.47. The van der Waals surface area contributed by atoms with Gasteiger partial charge in [0.2, 0.25) is 0 Å². The molecule has 0 fully saturated rings. The molecule has 3 nitrogen and oxygen atoms in total. The molecule has 68 valence electrons. The third kappa shape index (κ3) is 1.20. The Bertz CT molecular complexity index is 429. The van der Waals surface area contributed by atoms with E-state index in [9.17, 15) is 0 Å². The summed E-state index contributed by atoms with van der Waals surface area (Å²) in [5, 5.41) is 10.8. The van der Waals surface area contributed by atoms with Crippen LogP contribution in [-0.4, -0.2) is 15.4 Å². The fourth-order valence-corrected chi connectivity index (χ4v) is 1.76. The normalized spacial score (nSPS) is 11.4. The predicted molar refractivity (Wildman–Crippen MR) is 52.7 cm³/mol. The van der Waals surface area contributed by atoms with Crippen molar-refractivity contribution in [1.29, 1.82) is 0 Å². The standard InChI is InChI=1S/C10H13N3/c1-6(2)9-7(3)4-5-8-10(9)12-13-11-8/h4-6H,1-3H3,(H,11,12,13). The summed E-state index contributed by atoms with van der Waals surface area (Å²) in [6, 6.07) is 4.13. The van der Waals surface area contributed by atoms with Crippen LogP contribution in [0.1, 0.15) is 30.9 Å². The largest absolute Gasteiger partial charge is 0.258 e. The Hall–Kier alpha value is -1.38. The molecule has 0 saturated heterocycles. The zero-order valence-corrected chi connectivity index (χ0v) is 8.13. The van der Waals surface area contributed by atoms with Crippen LogP contribution in [0.2, 0.25) is 0 Å². The molecule has 0 aliphatic heterocycles. The highest BCUT2D eigenvalue weighted by molar-refractivity contribution is 5.79. The number of nitrogens with zero attached hydrogens (tertiary/aromatic N) is 2. The van der Waals surface area contributed by atoms with Crippen LogP contribution >= 0.6 is 0 Å². The van der Waals surface area contributed by atoms with E-state index in [4.69, 9.17) is 0 Å². The molecule has 0 atom stereocenters. The Labute approximate surface area is 77.2 Å². The maximum atomic E-state index is 4.10. The van der Waals surface area contributed by atoms with Crippen molar-refractivity contribution in [2.45, 2.75) is 26.7 Å². The van der Waals surface area contributed by atoms with Crippen LogP contribution in [0.25, 0.3) is 11.0 Å². The Morgan fingerprint density at radius 1 is 1.31 bits per heavy atom. The number of aryl methyl sites for hydroxylation is 1. The Morgan fingerprint density at radius 2 is 2.08 bits per heavy atom. The number of hydrogen-bond donors (Lipinski definition) is 1. The number of benzene rings is 1. The highest BCUT2D eigenvalue weighted by Gasteiger charge is 2.10. The lowest BCUT2D eigenvalue weighted by molar-refractivity contribution is 0.859. The molecule has 2 rings (SSSR count). The van der Waals surface area contributed by atoms with Gasteiger partial charge in [0.05, 0.1) is 5.52 Å². The SMILES string of the molecule is Cc1ccc2[nH]nnc2c1C(C)C. The molecule has 2 aromatic rings. The summed E-state index contributed by atoms with van der Waals surface area (Å²) < 4.78 is 0. The van der Waals surface area contributed by atoms with E-state index in [1.165, 1.54) is 11.1 Å². The summed E-state index contributed by atoms with van der Waals surface area (Å²) in [7, 11) is 0. The second-order valence-corrected chi connectivity index (χ2v) is 3.66. The van der Waals surface area contributed by atoms with Crippen molar-refractivity contribution < 1.29 is 0 Å². The second kappa shape index (κ2) is 2.83. The highest BCUT2D eigenvalue weighted by atomic mass is 15.3. The highest BCUT2D eigenvalue weighted by Crippen LogP contribution is 2.25. The zero-order valence-electron chi connectivity index (χ0n) is 8.13. The van der Waals surface area contributed by atoms with Crippen molar-refractivity contribution in [2.24, 2.45) is 0 Å². The van der Waals surface area contributed by atoms with Crippen LogP contribution in [0.4, 0.5) is 0 Å². The molecule has 0 saturated carbocycles. The first-order chi connectivity index (χ1) is 6.20. The monoisotopic (exact) mass is 175 g/mol. The van der Waals surface area contributed by atoms with E-state index in [1.807, 2.05) is 6.07 Å². The molecule has 0 unspecified atom stereocenters. The van der Waals surface area contributed by atoms with E-state index in [0.29, 0.717) is 5.92 Å². The second-order valence-electron chi connectivity index (χ2n) is 3.66. The zero-order chi connectivity index (χ0) is 9.42.